The number of rotatable bonds is 4. The predicted octanol–water partition coefficient (Wildman–Crippen LogP) is 2.13. The average molecular weight is 236 g/mol. The van der Waals surface area contributed by atoms with E-state index in [0.717, 1.165) is 6.42 Å². The van der Waals surface area contributed by atoms with Crippen LogP contribution in [0, 0.1) is 5.92 Å². The van der Waals surface area contributed by atoms with Gasteiger partial charge in [-0.15, -0.1) is 0 Å². The molecule has 0 saturated carbocycles. The van der Waals surface area contributed by atoms with Gasteiger partial charge in [-0.2, -0.15) is 0 Å². The number of anilines is 1. The van der Waals surface area contributed by atoms with E-state index in [2.05, 4.69) is 18.8 Å². The molecule has 5 nitrogen and oxygen atoms in total. The zero-order valence-corrected chi connectivity index (χ0v) is 9.95. The van der Waals surface area contributed by atoms with Gasteiger partial charge in [-0.3, -0.25) is 4.98 Å². The third-order valence-corrected chi connectivity index (χ3v) is 2.50. The van der Waals surface area contributed by atoms with Crippen LogP contribution < -0.4 is 16.2 Å². The molecule has 0 atom stereocenters. The fourth-order valence-electron chi connectivity index (χ4n) is 1.52. The van der Waals surface area contributed by atoms with Crippen LogP contribution in [-0.2, 0) is 0 Å². The van der Waals surface area contributed by atoms with Gasteiger partial charge in [0.15, 0.2) is 5.58 Å². The zero-order valence-electron chi connectivity index (χ0n) is 9.95. The Morgan fingerprint density at radius 2 is 2.24 bits per heavy atom. The third kappa shape index (κ3) is 2.61. The molecule has 2 rings (SSSR count). The van der Waals surface area contributed by atoms with Crippen molar-refractivity contribution in [3.05, 3.63) is 22.7 Å². The molecule has 0 spiro atoms. The second-order valence-corrected chi connectivity index (χ2v) is 4.43. The topological polar surface area (TPSA) is 81.2 Å². The minimum absolute atomic E-state index is 0.448. The summed E-state index contributed by atoms with van der Waals surface area (Å²) in [7, 11) is 0. The summed E-state index contributed by atoms with van der Waals surface area (Å²) >= 11 is 0. The van der Waals surface area contributed by atoms with Gasteiger partial charge in [0.2, 0.25) is 0 Å². The molecule has 3 N–H and O–H groups in total. The van der Waals surface area contributed by atoms with Crippen molar-refractivity contribution in [3.8, 4) is 5.75 Å². The summed E-state index contributed by atoms with van der Waals surface area (Å²) in [6.07, 6.45) is 0.958. The SMILES string of the molecule is CC(C)CCOc1cc2[nH]c(=O)oc2cc1N. The highest BCUT2D eigenvalue weighted by Crippen LogP contribution is 2.26. The highest BCUT2D eigenvalue weighted by Gasteiger charge is 2.07. The van der Waals surface area contributed by atoms with Crippen LogP contribution in [0.3, 0.4) is 0 Å². The van der Waals surface area contributed by atoms with E-state index in [4.69, 9.17) is 14.9 Å². The fraction of sp³-hybridized carbons (Fsp3) is 0.417. The Kier molecular flexibility index (Phi) is 3.08. The van der Waals surface area contributed by atoms with Gasteiger partial charge in [0.05, 0.1) is 17.8 Å². The number of hydrogen-bond acceptors (Lipinski definition) is 4. The molecule has 0 aliphatic rings. The van der Waals surface area contributed by atoms with Crippen molar-refractivity contribution < 1.29 is 9.15 Å². The van der Waals surface area contributed by atoms with Crippen molar-refractivity contribution in [2.75, 3.05) is 12.3 Å². The first kappa shape index (κ1) is 11.6. The molecule has 2 aromatic rings. The summed E-state index contributed by atoms with van der Waals surface area (Å²) in [6.45, 7) is 4.86. The highest BCUT2D eigenvalue weighted by molar-refractivity contribution is 5.80. The molecule has 1 heterocycles. The van der Waals surface area contributed by atoms with Crippen LogP contribution in [0.15, 0.2) is 21.3 Å². The lowest BCUT2D eigenvalue weighted by Gasteiger charge is -2.09. The number of nitrogens with two attached hydrogens (primary N) is 1. The van der Waals surface area contributed by atoms with Crippen molar-refractivity contribution in [3.63, 3.8) is 0 Å². The first-order chi connectivity index (χ1) is 8.06. The van der Waals surface area contributed by atoms with Gasteiger partial charge >= 0.3 is 5.76 Å². The number of oxazole rings is 1. The van der Waals surface area contributed by atoms with Crippen LogP contribution >= 0.6 is 0 Å². The van der Waals surface area contributed by atoms with Crippen molar-refractivity contribution in [2.45, 2.75) is 20.3 Å². The van der Waals surface area contributed by atoms with Crippen molar-refractivity contribution in [2.24, 2.45) is 5.92 Å². The lowest BCUT2D eigenvalue weighted by atomic mass is 10.1. The minimum atomic E-state index is -0.487. The smallest absolute Gasteiger partial charge is 0.417 e. The fourth-order valence-corrected chi connectivity index (χ4v) is 1.52. The van der Waals surface area contributed by atoms with E-state index in [1.54, 1.807) is 12.1 Å². The maximum absolute atomic E-state index is 11.0. The molecule has 17 heavy (non-hydrogen) atoms. The number of nitrogens with one attached hydrogen (secondary N) is 1. The monoisotopic (exact) mass is 236 g/mol. The standard InChI is InChI=1S/C12H16N2O3/c1-7(2)3-4-16-10-6-9-11(5-8(10)13)17-12(15)14-9/h5-7H,3-4,13H2,1-2H3,(H,14,15). The highest BCUT2D eigenvalue weighted by atomic mass is 16.5. The molecule has 0 fully saturated rings. The molecular weight excluding hydrogens is 220 g/mol. The Morgan fingerprint density at radius 3 is 2.94 bits per heavy atom. The number of aromatic nitrogens is 1. The summed E-state index contributed by atoms with van der Waals surface area (Å²) in [5.41, 5.74) is 7.34. The lowest BCUT2D eigenvalue weighted by molar-refractivity contribution is 0.291. The van der Waals surface area contributed by atoms with Gasteiger partial charge in [0, 0.05) is 12.1 Å². The van der Waals surface area contributed by atoms with E-state index in [-0.39, 0.29) is 0 Å². The molecular formula is C12H16N2O3. The second kappa shape index (κ2) is 4.53. The molecule has 0 aliphatic heterocycles. The number of ether oxygens (including phenoxy) is 1. The Hall–Kier alpha value is -1.91. The largest absolute Gasteiger partial charge is 0.491 e. The number of aromatic amines is 1. The Bertz CT molecular complexity index is 569. The van der Waals surface area contributed by atoms with Crippen molar-refractivity contribution >= 4 is 16.8 Å². The van der Waals surface area contributed by atoms with Crippen LogP contribution in [0.5, 0.6) is 5.75 Å². The zero-order chi connectivity index (χ0) is 12.4. The maximum Gasteiger partial charge on any atom is 0.417 e. The molecule has 0 aliphatic carbocycles. The van der Waals surface area contributed by atoms with Gasteiger partial charge < -0.3 is 14.9 Å². The molecule has 0 saturated heterocycles. The molecule has 92 valence electrons. The number of H-pyrrole nitrogens is 1. The van der Waals surface area contributed by atoms with Crippen LogP contribution in [0.1, 0.15) is 20.3 Å². The molecule has 0 radical (unpaired) electrons. The predicted molar refractivity (Wildman–Crippen MR) is 66.2 cm³/mol. The molecule has 1 aromatic carbocycles. The summed E-state index contributed by atoms with van der Waals surface area (Å²) in [5.74, 6) is 0.669. The van der Waals surface area contributed by atoms with Gasteiger partial charge in [0.1, 0.15) is 5.75 Å². The quantitative estimate of drug-likeness (QED) is 0.797. The van der Waals surface area contributed by atoms with E-state index in [1.165, 1.54) is 0 Å². The van der Waals surface area contributed by atoms with Gasteiger partial charge in [-0.05, 0) is 12.3 Å². The van der Waals surface area contributed by atoms with Crippen LogP contribution in [0.2, 0.25) is 0 Å². The van der Waals surface area contributed by atoms with E-state index in [1.807, 2.05) is 0 Å². The minimum Gasteiger partial charge on any atom is -0.491 e. The van der Waals surface area contributed by atoms with Crippen LogP contribution in [-0.4, -0.2) is 11.6 Å². The van der Waals surface area contributed by atoms with Crippen LogP contribution in [0.25, 0.3) is 11.1 Å². The molecule has 5 heteroatoms. The van der Waals surface area contributed by atoms with E-state index >= 15 is 0 Å². The number of nitrogen functional groups attached to an aromatic ring is 1. The van der Waals surface area contributed by atoms with E-state index < -0.39 is 5.76 Å². The lowest BCUT2D eigenvalue weighted by Crippen LogP contribution is -2.03. The van der Waals surface area contributed by atoms with Crippen LogP contribution in [0.4, 0.5) is 5.69 Å². The summed E-state index contributed by atoms with van der Waals surface area (Å²) < 4.78 is 10.5. The van der Waals surface area contributed by atoms with Gasteiger partial charge in [-0.1, -0.05) is 13.8 Å². The summed E-state index contributed by atoms with van der Waals surface area (Å²) in [6, 6.07) is 3.29. The average Bonchev–Trinajstić information content (AvgIpc) is 2.57. The van der Waals surface area contributed by atoms with E-state index in [0.29, 0.717) is 35.1 Å². The van der Waals surface area contributed by atoms with E-state index in [9.17, 15) is 4.79 Å². The summed E-state index contributed by atoms with van der Waals surface area (Å²) in [5, 5.41) is 0. The summed E-state index contributed by atoms with van der Waals surface area (Å²) in [4.78, 5) is 13.6. The van der Waals surface area contributed by atoms with Gasteiger partial charge in [-0.25, -0.2) is 4.79 Å². The Balaban J connectivity index is 2.21. The molecule has 1 aromatic heterocycles. The first-order valence-electron chi connectivity index (χ1n) is 5.61. The number of fused-ring (bicyclic) bond motifs is 1. The maximum atomic E-state index is 11.0. The Morgan fingerprint density at radius 1 is 1.47 bits per heavy atom. The first-order valence-corrected chi connectivity index (χ1v) is 5.61. The molecule has 0 bridgehead atoms. The number of benzene rings is 1. The van der Waals surface area contributed by atoms with Gasteiger partial charge in [0.25, 0.3) is 0 Å². The number of hydrogen-bond donors (Lipinski definition) is 2. The molecule has 0 amide bonds. The third-order valence-electron chi connectivity index (χ3n) is 2.50. The van der Waals surface area contributed by atoms with Crippen molar-refractivity contribution in [1.82, 2.24) is 4.98 Å². The normalized spacial score (nSPS) is 11.2. The second-order valence-electron chi connectivity index (χ2n) is 4.43. The van der Waals surface area contributed by atoms with Crippen molar-refractivity contribution in [1.29, 1.82) is 0 Å². The molecule has 0 unspecified atom stereocenters. The Labute approximate surface area is 98.6 Å².